The van der Waals surface area contributed by atoms with E-state index < -0.39 is 30.5 Å². The first-order valence-electron chi connectivity index (χ1n) is 7.34. The molecule has 0 aliphatic rings. The highest BCUT2D eigenvalue weighted by molar-refractivity contribution is 7.12. The molecule has 1 aromatic heterocycles. The number of imide groups is 1. The maximum absolute atomic E-state index is 11.9. The molecule has 1 N–H and O–H groups in total. The Morgan fingerprint density at radius 3 is 2.68 bits per heavy atom. The van der Waals surface area contributed by atoms with Crippen LogP contribution in [-0.4, -0.2) is 30.5 Å². The van der Waals surface area contributed by atoms with Gasteiger partial charge in [-0.05, 0) is 49.1 Å². The van der Waals surface area contributed by atoms with Gasteiger partial charge in [-0.2, -0.15) is 0 Å². The second-order valence-corrected chi connectivity index (χ2v) is 6.52. The zero-order chi connectivity index (χ0) is 18.4. The lowest BCUT2D eigenvalue weighted by Gasteiger charge is -2.15. The highest BCUT2D eigenvalue weighted by Crippen LogP contribution is 2.23. The van der Waals surface area contributed by atoms with Crippen LogP contribution >= 0.6 is 22.9 Å². The SMILES string of the molecule is Cc1cc(Cl)ccc1OC(C)C(=O)OCC(=O)NC(=O)c1cccs1. The van der Waals surface area contributed by atoms with Crippen molar-refractivity contribution in [3.05, 3.63) is 51.2 Å². The number of carbonyl (C=O) groups is 3. The quantitative estimate of drug-likeness (QED) is 0.778. The number of nitrogens with one attached hydrogen (secondary N) is 1. The van der Waals surface area contributed by atoms with E-state index in [1.807, 2.05) is 0 Å². The first-order chi connectivity index (χ1) is 11.9. The number of thiophene rings is 1. The number of esters is 1. The molecule has 132 valence electrons. The van der Waals surface area contributed by atoms with Gasteiger partial charge in [0.15, 0.2) is 12.7 Å². The normalized spacial score (nSPS) is 11.5. The molecule has 0 saturated heterocycles. The second-order valence-electron chi connectivity index (χ2n) is 5.13. The first-order valence-corrected chi connectivity index (χ1v) is 8.59. The fourth-order valence-corrected chi connectivity index (χ4v) is 2.72. The lowest BCUT2D eigenvalue weighted by molar-refractivity contribution is -0.154. The van der Waals surface area contributed by atoms with Crippen molar-refractivity contribution >= 4 is 40.7 Å². The molecule has 0 aliphatic heterocycles. The Hall–Kier alpha value is -2.38. The summed E-state index contributed by atoms with van der Waals surface area (Å²) in [6.45, 7) is 2.73. The molecule has 1 heterocycles. The minimum Gasteiger partial charge on any atom is -0.479 e. The van der Waals surface area contributed by atoms with Crippen LogP contribution in [-0.2, 0) is 14.3 Å². The van der Waals surface area contributed by atoms with E-state index in [2.05, 4.69) is 5.32 Å². The second kappa shape index (κ2) is 8.64. The average Bonchev–Trinajstić information content (AvgIpc) is 3.09. The summed E-state index contributed by atoms with van der Waals surface area (Å²) < 4.78 is 10.4. The Morgan fingerprint density at radius 1 is 1.28 bits per heavy atom. The van der Waals surface area contributed by atoms with Crippen LogP contribution in [0.3, 0.4) is 0 Å². The smallest absolute Gasteiger partial charge is 0.347 e. The molecular formula is C17H16ClNO5S. The lowest BCUT2D eigenvalue weighted by Crippen LogP contribution is -2.35. The van der Waals surface area contributed by atoms with Gasteiger partial charge in [0.1, 0.15) is 5.75 Å². The molecule has 6 nitrogen and oxygen atoms in total. The van der Waals surface area contributed by atoms with Crippen molar-refractivity contribution in [2.24, 2.45) is 0 Å². The van der Waals surface area contributed by atoms with E-state index in [4.69, 9.17) is 21.1 Å². The van der Waals surface area contributed by atoms with E-state index in [1.54, 1.807) is 42.6 Å². The molecule has 0 radical (unpaired) electrons. The highest BCUT2D eigenvalue weighted by Gasteiger charge is 2.19. The molecule has 1 unspecified atom stereocenters. The standard InChI is InChI=1S/C17H16ClNO5S/c1-10-8-12(18)5-6-13(10)24-11(2)17(22)23-9-15(20)19-16(21)14-4-3-7-25-14/h3-8,11H,9H2,1-2H3,(H,19,20,21). The topological polar surface area (TPSA) is 81.7 Å². The number of halogens is 1. The summed E-state index contributed by atoms with van der Waals surface area (Å²) in [7, 11) is 0. The van der Waals surface area contributed by atoms with Crippen molar-refractivity contribution in [1.82, 2.24) is 5.32 Å². The molecule has 0 saturated carbocycles. The maximum atomic E-state index is 11.9. The van der Waals surface area contributed by atoms with Crippen LogP contribution in [0.5, 0.6) is 5.75 Å². The molecule has 1 atom stereocenters. The predicted molar refractivity (Wildman–Crippen MR) is 94.0 cm³/mol. The fourth-order valence-electron chi connectivity index (χ4n) is 1.87. The van der Waals surface area contributed by atoms with Gasteiger partial charge in [0.25, 0.3) is 11.8 Å². The van der Waals surface area contributed by atoms with Crippen molar-refractivity contribution in [3.63, 3.8) is 0 Å². The van der Waals surface area contributed by atoms with Gasteiger partial charge in [-0.15, -0.1) is 11.3 Å². The van der Waals surface area contributed by atoms with Crippen LogP contribution in [0.4, 0.5) is 0 Å². The summed E-state index contributed by atoms with van der Waals surface area (Å²) in [5.74, 6) is -1.46. The van der Waals surface area contributed by atoms with E-state index in [0.29, 0.717) is 15.6 Å². The van der Waals surface area contributed by atoms with Gasteiger partial charge in [-0.1, -0.05) is 17.7 Å². The van der Waals surface area contributed by atoms with Crippen LogP contribution in [0.1, 0.15) is 22.2 Å². The lowest BCUT2D eigenvalue weighted by atomic mass is 10.2. The van der Waals surface area contributed by atoms with Crippen molar-refractivity contribution < 1.29 is 23.9 Å². The molecule has 0 spiro atoms. The van der Waals surface area contributed by atoms with Gasteiger partial charge < -0.3 is 9.47 Å². The van der Waals surface area contributed by atoms with Crippen LogP contribution < -0.4 is 10.1 Å². The minimum atomic E-state index is -0.916. The van der Waals surface area contributed by atoms with Gasteiger partial charge in [0.2, 0.25) is 0 Å². The summed E-state index contributed by atoms with van der Waals surface area (Å²) in [5, 5.41) is 4.42. The summed E-state index contributed by atoms with van der Waals surface area (Å²) in [6.07, 6.45) is -0.916. The maximum Gasteiger partial charge on any atom is 0.347 e. The number of ether oxygens (including phenoxy) is 2. The van der Waals surface area contributed by atoms with Crippen LogP contribution in [0.2, 0.25) is 5.02 Å². The average molecular weight is 382 g/mol. The molecule has 2 rings (SSSR count). The Kier molecular flexibility index (Phi) is 6.55. The molecule has 2 aromatic rings. The summed E-state index contributed by atoms with van der Waals surface area (Å²) in [4.78, 5) is 35.7. The van der Waals surface area contributed by atoms with E-state index in [9.17, 15) is 14.4 Å². The molecule has 2 amide bonds. The third kappa shape index (κ3) is 5.58. The van der Waals surface area contributed by atoms with Crippen molar-refractivity contribution in [1.29, 1.82) is 0 Å². The largest absolute Gasteiger partial charge is 0.479 e. The number of benzene rings is 1. The zero-order valence-electron chi connectivity index (χ0n) is 13.6. The van der Waals surface area contributed by atoms with Crippen LogP contribution in [0.25, 0.3) is 0 Å². The number of hydrogen-bond acceptors (Lipinski definition) is 6. The van der Waals surface area contributed by atoms with Gasteiger partial charge in [-0.25, -0.2) is 4.79 Å². The summed E-state index contributed by atoms with van der Waals surface area (Å²) >= 11 is 7.07. The fraction of sp³-hybridized carbons (Fsp3) is 0.235. The number of rotatable bonds is 6. The molecule has 1 aromatic carbocycles. The minimum absolute atomic E-state index is 0.398. The number of hydrogen-bond donors (Lipinski definition) is 1. The van der Waals surface area contributed by atoms with Crippen LogP contribution in [0, 0.1) is 6.92 Å². The molecule has 8 heteroatoms. The highest BCUT2D eigenvalue weighted by atomic mass is 35.5. The summed E-state index contributed by atoms with van der Waals surface area (Å²) in [5.41, 5.74) is 0.770. The van der Waals surface area contributed by atoms with E-state index >= 15 is 0 Å². The molecule has 0 aliphatic carbocycles. The zero-order valence-corrected chi connectivity index (χ0v) is 15.1. The molecule has 0 fully saturated rings. The molecular weight excluding hydrogens is 366 g/mol. The van der Waals surface area contributed by atoms with Crippen LogP contribution in [0.15, 0.2) is 35.7 Å². The summed E-state index contributed by atoms with van der Waals surface area (Å²) in [6, 6.07) is 8.28. The van der Waals surface area contributed by atoms with E-state index in [-0.39, 0.29) is 0 Å². The molecule has 25 heavy (non-hydrogen) atoms. The van der Waals surface area contributed by atoms with Gasteiger partial charge >= 0.3 is 5.97 Å². The Morgan fingerprint density at radius 2 is 2.04 bits per heavy atom. The van der Waals surface area contributed by atoms with Gasteiger partial charge in [0.05, 0.1) is 4.88 Å². The third-order valence-electron chi connectivity index (χ3n) is 3.12. The van der Waals surface area contributed by atoms with E-state index in [1.165, 1.54) is 18.3 Å². The number of aryl methyl sites for hydroxylation is 1. The Labute approximate surface area is 153 Å². The van der Waals surface area contributed by atoms with Crippen molar-refractivity contribution in [2.45, 2.75) is 20.0 Å². The Balaban J connectivity index is 1.80. The van der Waals surface area contributed by atoms with Gasteiger partial charge in [0, 0.05) is 5.02 Å². The van der Waals surface area contributed by atoms with Crippen molar-refractivity contribution in [2.75, 3.05) is 6.61 Å². The third-order valence-corrected chi connectivity index (χ3v) is 4.22. The number of carbonyl (C=O) groups excluding carboxylic acids is 3. The van der Waals surface area contributed by atoms with Crippen molar-refractivity contribution in [3.8, 4) is 5.75 Å². The van der Waals surface area contributed by atoms with Gasteiger partial charge in [-0.3, -0.25) is 14.9 Å². The van der Waals surface area contributed by atoms with E-state index in [0.717, 1.165) is 5.56 Å². The first kappa shape index (κ1) is 19.0. The monoisotopic (exact) mass is 381 g/mol. The number of amides is 2. The Bertz CT molecular complexity index is 775. The predicted octanol–water partition coefficient (Wildman–Crippen LogP) is 2.98. The molecule has 0 bridgehead atoms.